The van der Waals surface area contributed by atoms with E-state index in [1.807, 2.05) is 18.2 Å². The number of nitrogens with zero attached hydrogens (tertiary/aromatic N) is 2. The molecule has 0 atom stereocenters. The zero-order valence-electron chi connectivity index (χ0n) is 16.1. The van der Waals surface area contributed by atoms with Crippen molar-refractivity contribution in [2.75, 3.05) is 0 Å². The van der Waals surface area contributed by atoms with Gasteiger partial charge in [0.2, 0.25) is 0 Å². The molecule has 28 heavy (non-hydrogen) atoms. The Labute approximate surface area is 170 Å². The summed E-state index contributed by atoms with van der Waals surface area (Å²) in [7, 11) is 0. The van der Waals surface area contributed by atoms with E-state index < -0.39 is 0 Å². The minimum absolute atomic E-state index is 0.803. The average Bonchev–Trinajstić information content (AvgIpc) is 2.74. The predicted octanol–water partition coefficient (Wildman–Crippen LogP) is 6.72. The first-order valence-corrected chi connectivity index (χ1v) is 10.4. The fraction of sp³-hybridized carbons (Fsp3) is 0.120. The third-order valence-corrected chi connectivity index (χ3v) is 5.53. The van der Waals surface area contributed by atoms with Crippen molar-refractivity contribution in [3.63, 3.8) is 0 Å². The lowest BCUT2D eigenvalue weighted by Crippen LogP contribution is -1.95. The highest BCUT2D eigenvalue weighted by Crippen LogP contribution is 2.28. The van der Waals surface area contributed by atoms with Crippen LogP contribution in [0.1, 0.15) is 16.7 Å². The fourth-order valence-electron chi connectivity index (χ4n) is 2.95. The Balaban J connectivity index is 1.69. The Hall–Kier alpha value is -2.91. The van der Waals surface area contributed by atoms with Gasteiger partial charge in [0.15, 0.2) is 5.16 Å². The topological polar surface area (TPSA) is 25.8 Å². The van der Waals surface area contributed by atoms with Crippen molar-refractivity contribution in [3.8, 4) is 22.5 Å². The summed E-state index contributed by atoms with van der Waals surface area (Å²) in [5.74, 6) is 0.853. The molecule has 0 saturated carbocycles. The van der Waals surface area contributed by atoms with E-state index >= 15 is 0 Å². The fourth-order valence-corrected chi connectivity index (χ4v) is 3.76. The summed E-state index contributed by atoms with van der Waals surface area (Å²) >= 11 is 1.68. The second-order valence-electron chi connectivity index (χ2n) is 6.93. The molecule has 0 unspecified atom stereocenters. The molecule has 0 bridgehead atoms. The minimum Gasteiger partial charge on any atom is -0.222 e. The third-order valence-electron chi connectivity index (χ3n) is 4.61. The van der Waals surface area contributed by atoms with Gasteiger partial charge in [0.1, 0.15) is 0 Å². The summed E-state index contributed by atoms with van der Waals surface area (Å²) < 4.78 is 0. The van der Waals surface area contributed by atoms with Gasteiger partial charge in [-0.2, -0.15) is 0 Å². The summed E-state index contributed by atoms with van der Waals surface area (Å²) in [6.45, 7) is 4.21. The maximum absolute atomic E-state index is 4.84. The lowest BCUT2D eigenvalue weighted by Gasteiger charge is -2.09. The largest absolute Gasteiger partial charge is 0.222 e. The first-order chi connectivity index (χ1) is 13.7. The van der Waals surface area contributed by atoms with Gasteiger partial charge in [0, 0.05) is 16.9 Å². The SMILES string of the molecule is Cc1ccc(CSc2nc(-c3ccccc3)cc(-c3ccc(C)cc3)n2)cc1. The van der Waals surface area contributed by atoms with Crippen LogP contribution in [0.25, 0.3) is 22.5 Å². The number of aromatic nitrogens is 2. The molecule has 0 radical (unpaired) electrons. The van der Waals surface area contributed by atoms with E-state index in [9.17, 15) is 0 Å². The Kier molecular flexibility index (Phi) is 5.54. The van der Waals surface area contributed by atoms with E-state index in [0.29, 0.717) is 0 Å². The molecule has 0 aliphatic heterocycles. The summed E-state index contributed by atoms with van der Waals surface area (Å²) in [6.07, 6.45) is 0. The van der Waals surface area contributed by atoms with Crippen LogP contribution in [-0.4, -0.2) is 9.97 Å². The number of benzene rings is 3. The maximum atomic E-state index is 4.84. The molecule has 0 saturated heterocycles. The van der Waals surface area contributed by atoms with Gasteiger partial charge in [0.05, 0.1) is 11.4 Å². The van der Waals surface area contributed by atoms with Crippen molar-refractivity contribution in [2.24, 2.45) is 0 Å². The van der Waals surface area contributed by atoms with Crippen LogP contribution in [0.4, 0.5) is 0 Å². The van der Waals surface area contributed by atoms with Crippen molar-refractivity contribution in [1.29, 1.82) is 0 Å². The van der Waals surface area contributed by atoms with Crippen LogP contribution in [0.3, 0.4) is 0 Å². The molecule has 138 valence electrons. The van der Waals surface area contributed by atoms with Crippen molar-refractivity contribution in [3.05, 3.63) is 102 Å². The minimum atomic E-state index is 0.803. The standard InChI is InChI=1S/C25H22N2S/c1-18-8-12-20(13-9-18)17-28-25-26-23(21-6-4-3-5-7-21)16-24(27-25)22-14-10-19(2)11-15-22/h3-16H,17H2,1-2H3. The van der Waals surface area contributed by atoms with Gasteiger partial charge >= 0.3 is 0 Å². The van der Waals surface area contributed by atoms with E-state index in [2.05, 4.69) is 80.6 Å². The lowest BCUT2D eigenvalue weighted by molar-refractivity contribution is 0.978. The van der Waals surface area contributed by atoms with Gasteiger partial charge in [-0.05, 0) is 25.5 Å². The third kappa shape index (κ3) is 4.49. The van der Waals surface area contributed by atoms with Gasteiger partial charge < -0.3 is 0 Å². The smallest absolute Gasteiger partial charge is 0.189 e. The second-order valence-corrected chi connectivity index (χ2v) is 7.87. The van der Waals surface area contributed by atoms with Crippen molar-refractivity contribution in [1.82, 2.24) is 9.97 Å². The van der Waals surface area contributed by atoms with Crippen LogP contribution >= 0.6 is 11.8 Å². The van der Waals surface area contributed by atoms with Crippen molar-refractivity contribution < 1.29 is 0 Å². The predicted molar refractivity (Wildman–Crippen MR) is 118 cm³/mol. The van der Waals surface area contributed by atoms with E-state index in [0.717, 1.165) is 33.4 Å². The Morgan fingerprint density at radius 2 is 1.18 bits per heavy atom. The number of aryl methyl sites for hydroxylation is 2. The normalized spacial score (nSPS) is 10.8. The maximum Gasteiger partial charge on any atom is 0.189 e. The molecule has 0 N–H and O–H groups in total. The van der Waals surface area contributed by atoms with Crippen LogP contribution in [0, 0.1) is 13.8 Å². The van der Waals surface area contributed by atoms with Gasteiger partial charge in [-0.3, -0.25) is 0 Å². The number of hydrogen-bond acceptors (Lipinski definition) is 3. The van der Waals surface area contributed by atoms with Crippen molar-refractivity contribution >= 4 is 11.8 Å². The van der Waals surface area contributed by atoms with Crippen LogP contribution in [-0.2, 0) is 5.75 Å². The molecule has 0 aliphatic rings. The monoisotopic (exact) mass is 382 g/mol. The quantitative estimate of drug-likeness (QED) is 0.283. The van der Waals surface area contributed by atoms with E-state index in [1.165, 1.54) is 16.7 Å². The summed E-state index contributed by atoms with van der Waals surface area (Å²) in [5, 5.41) is 0.803. The van der Waals surface area contributed by atoms with E-state index in [4.69, 9.17) is 9.97 Å². The number of thioether (sulfide) groups is 1. The second kappa shape index (κ2) is 8.41. The lowest BCUT2D eigenvalue weighted by atomic mass is 10.1. The van der Waals surface area contributed by atoms with Crippen molar-refractivity contribution in [2.45, 2.75) is 24.8 Å². The molecule has 3 heteroatoms. The van der Waals surface area contributed by atoms with Crippen LogP contribution in [0.2, 0.25) is 0 Å². The molecule has 1 heterocycles. The summed E-state index contributed by atoms with van der Waals surface area (Å²) in [6, 6.07) is 29.5. The summed E-state index contributed by atoms with van der Waals surface area (Å²) in [4.78, 5) is 9.67. The first-order valence-electron chi connectivity index (χ1n) is 9.37. The van der Waals surface area contributed by atoms with E-state index in [1.54, 1.807) is 11.8 Å². The number of hydrogen-bond donors (Lipinski definition) is 0. The molecule has 2 nitrogen and oxygen atoms in total. The van der Waals surface area contributed by atoms with Gasteiger partial charge in [0.25, 0.3) is 0 Å². The molecule has 4 rings (SSSR count). The molecular formula is C25H22N2S. The molecule has 1 aromatic heterocycles. The molecular weight excluding hydrogens is 360 g/mol. The zero-order valence-corrected chi connectivity index (χ0v) is 16.9. The Morgan fingerprint density at radius 3 is 1.79 bits per heavy atom. The van der Waals surface area contributed by atoms with Gasteiger partial charge in [-0.25, -0.2) is 9.97 Å². The van der Waals surface area contributed by atoms with Crippen LogP contribution in [0.15, 0.2) is 90.1 Å². The average molecular weight is 383 g/mol. The highest BCUT2D eigenvalue weighted by Gasteiger charge is 2.09. The molecule has 0 fully saturated rings. The Bertz CT molecular complexity index is 1060. The molecule has 3 aromatic carbocycles. The highest BCUT2D eigenvalue weighted by atomic mass is 32.2. The zero-order chi connectivity index (χ0) is 19.3. The summed E-state index contributed by atoms with van der Waals surface area (Å²) in [5.41, 5.74) is 7.93. The molecule has 0 spiro atoms. The highest BCUT2D eigenvalue weighted by molar-refractivity contribution is 7.98. The number of rotatable bonds is 5. The van der Waals surface area contributed by atoms with E-state index in [-0.39, 0.29) is 0 Å². The molecule has 0 amide bonds. The Morgan fingerprint density at radius 1 is 0.643 bits per heavy atom. The first kappa shape index (κ1) is 18.5. The molecule has 4 aromatic rings. The van der Waals surface area contributed by atoms with Gasteiger partial charge in [-0.15, -0.1) is 0 Å². The molecule has 0 aliphatic carbocycles. The van der Waals surface area contributed by atoms with Gasteiger partial charge in [-0.1, -0.05) is 102 Å². The van der Waals surface area contributed by atoms with Crippen LogP contribution in [0.5, 0.6) is 0 Å². The van der Waals surface area contributed by atoms with Crippen LogP contribution < -0.4 is 0 Å².